The molecule has 0 fully saturated rings. The van der Waals surface area contributed by atoms with Gasteiger partial charge >= 0.3 is 0 Å². The van der Waals surface area contributed by atoms with Crippen LogP contribution in [0.3, 0.4) is 0 Å². The van der Waals surface area contributed by atoms with Crippen molar-refractivity contribution in [1.29, 1.82) is 0 Å². The number of hydrogen-bond donors (Lipinski definition) is 0. The van der Waals surface area contributed by atoms with Crippen LogP contribution in [-0.4, -0.2) is 7.85 Å². The molecular weight excluding hydrogens is 239 g/mol. The first kappa shape index (κ1) is 11.8. The summed E-state index contributed by atoms with van der Waals surface area (Å²) in [6, 6.07) is 20.2. The summed E-state index contributed by atoms with van der Waals surface area (Å²) < 4.78 is 0. The highest BCUT2D eigenvalue weighted by atomic mass is 14.4. The molecule has 96 valence electrons. The standard InChI is InChI=1S/C19H17B/c1-19(2)16-10-9-13(20)11-15(16)14-7-3-5-12-6-4-8-17(19)18(12)14/h3-11H,20H2,1-2H3. The maximum Gasteiger partial charge on any atom is 0.139 e. The normalized spacial score (nSPS) is 15.1. The molecule has 0 nitrogen and oxygen atoms in total. The smallest absolute Gasteiger partial charge is 0.0883 e. The molecule has 1 aliphatic carbocycles. The maximum atomic E-state index is 2.34. The van der Waals surface area contributed by atoms with E-state index in [0.29, 0.717) is 0 Å². The Morgan fingerprint density at radius 1 is 0.800 bits per heavy atom. The van der Waals surface area contributed by atoms with Crippen molar-refractivity contribution in [3.05, 3.63) is 65.7 Å². The van der Waals surface area contributed by atoms with Crippen molar-refractivity contribution in [3.8, 4) is 11.1 Å². The largest absolute Gasteiger partial charge is 0.139 e. The predicted molar refractivity (Wildman–Crippen MR) is 89.7 cm³/mol. The zero-order valence-corrected chi connectivity index (χ0v) is 12.2. The van der Waals surface area contributed by atoms with E-state index in [4.69, 9.17) is 0 Å². The minimum absolute atomic E-state index is 0.0664. The lowest BCUT2D eigenvalue weighted by Crippen LogP contribution is -2.24. The van der Waals surface area contributed by atoms with Gasteiger partial charge in [0.2, 0.25) is 0 Å². The van der Waals surface area contributed by atoms with Crippen molar-refractivity contribution in [2.75, 3.05) is 0 Å². The first-order valence-corrected chi connectivity index (χ1v) is 7.23. The molecule has 3 aromatic carbocycles. The van der Waals surface area contributed by atoms with Crippen molar-refractivity contribution in [3.63, 3.8) is 0 Å². The molecule has 0 atom stereocenters. The van der Waals surface area contributed by atoms with Gasteiger partial charge in [0.15, 0.2) is 0 Å². The first-order chi connectivity index (χ1) is 9.59. The molecule has 0 radical (unpaired) electrons. The van der Waals surface area contributed by atoms with E-state index < -0.39 is 0 Å². The molecular formula is C19H17B. The van der Waals surface area contributed by atoms with E-state index in [0.717, 1.165) is 0 Å². The Bertz CT molecular complexity index is 838. The summed E-state index contributed by atoms with van der Waals surface area (Å²) in [5, 5.41) is 2.78. The summed E-state index contributed by atoms with van der Waals surface area (Å²) >= 11 is 0. The fourth-order valence-corrected chi connectivity index (χ4v) is 3.66. The molecule has 0 unspecified atom stereocenters. The van der Waals surface area contributed by atoms with Crippen molar-refractivity contribution in [2.24, 2.45) is 0 Å². The van der Waals surface area contributed by atoms with Gasteiger partial charge in [0, 0.05) is 5.41 Å². The molecule has 0 amide bonds. The van der Waals surface area contributed by atoms with Crippen molar-refractivity contribution in [2.45, 2.75) is 19.3 Å². The minimum atomic E-state index is 0.0664. The van der Waals surface area contributed by atoms with Gasteiger partial charge in [-0.15, -0.1) is 0 Å². The Morgan fingerprint density at radius 2 is 1.55 bits per heavy atom. The van der Waals surface area contributed by atoms with Crippen molar-refractivity contribution >= 4 is 24.1 Å². The van der Waals surface area contributed by atoms with Crippen LogP contribution in [0.2, 0.25) is 0 Å². The highest BCUT2D eigenvalue weighted by molar-refractivity contribution is 6.32. The van der Waals surface area contributed by atoms with Gasteiger partial charge in [-0.3, -0.25) is 0 Å². The Balaban J connectivity index is 2.26. The van der Waals surface area contributed by atoms with Crippen LogP contribution in [-0.2, 0) is 5.41 Å². The zero-order chi connectivity index (χ0) is 13.9. The number of hydrogen-bond acceptors (Lipinski definition) is 0. The second-order valence-electron chi connectivity index (χ2n) is 6.38. The Kier molecular flexibility index (Phi) is 2.21. The average Bonchev–Trinajstić information content (AvgIpc) is 2.44. The average molecular weight is 256 g/mol. The fraction of sp³-hybridized carbons (Fsp3) is 0.158. The molecule has 0 spiro atoms. The lowest BCUT2D eigenvalue weighted by Gasteiger charge is -2.35. The van der Waals surface area contributed by atoms with Gasteiger partial charge in [-0.1, -0.05) is 73.9 Å². The third-order valence-electron chi connectivity index (χ3n) is 4.72. The van der Waals surface area contributed by atoms with Gasteiger partial charge in [-0.05, 0) is 33.0 Å². The van der Waals surface area contributed by atoms with Crippen molar-refractivity contribution < 1.29 is 0 Å². The Hall–Kier alpha value is -2.02. The van der Waals surface area contributed by atoms with Crippen LogP contribution in [0.25, 0.3) is 21.9 Å². The number of benzene rings is 3. The zero-order valence-electron chi connectivity index (χ0n) is 12.2. The van der Waals surface area contributed by atoms with Crippen LogP contribution in [0.1, 0.15) is 25.0 Å². The molecule has 20 heavy (non-hydrogen) atoms. The number of fused-ring (bicyclic) bond motifs is 2. The summed E-state index contributed by atoms with van der Waals surface area (Å²) in [7, 11) is 2.17. The molecule has 4 rings (SSSR count). The van der Waals surface area contributed by atoms with E-state index in [2.05, 4.69) is 76.3 Å². The highest BCUT2D eigenvalue weighted by Crippen LogP contribution is 2.47. The maximum absolute atomic E-state index is 2.34. The third-order valence-corrected chi connectivity index (χ3v) is 4.72. The van der Waals surface area contributed by atoms with Gasteiger partial charge in [0.05, 0.1) is 0 Å². The van der Waals surface area contributed by atoms with Gasteiger partial charge in [-0.25, -0.2) is 0 Å². The van der Waals surface area contributed by atoms with Crippen LogP contribution >= 0.6 is 0 Å². The topological polar surface area (TPSA) is 0 Å². The molecule has 0 N–H and O–H groups in total. The van der Waals surface area contributed by atoms with Crippen LogP contribution in [0, 0.1) is 0 Å². The second kappa shape index (κ2) is 3.76. The molecule has 0 bridgehead atoms. The summed E-state index contributed by atoms with van der Waals surface area (Å²) in [5.41, 5.74) is 7.07. The van der Waals surface area contributed by atoms with Gasteiger partial charge < -0.3 is 0 Å². The molecule has 1 aliphatic rings. The number of rotatable bonds is 0. The lowest BCUT2D eigenvalue weighted by atomic mass is 9.67. The van der Waals surface area contributed by atoms with E-state index in [-0.39, 0.29) is 5.41 Å². The summed E-state index contributed by atoms with van der Waals surface area (Å²) in [6.07, 6.45) is 0. The summed E-state index contributed by atoms with van der Waals surface area (Å²) in [4.78, 5) is 0. The van der Waals surface area contributed by atoms with E-state index in [1.807, 2.05) is 0 Å². The van der Waals surface area contributed by atoms with Crippen LogP contribution in [0.15, 0.2) is 54.6 Å². The third kappa shape index (κ3) is 1.38. The van der Waals surface area contributed by atoms with Gasteiger partial charge in [-0.2, -0.15) is 0 Å². The molecule has 0 aliphatic heterocycles. The molecule has 3 aromatic rings. The molecule has 0 saturated heterocycles. The fourth-order valence-electron chi connectivity index (χ4n) is 3.66. The van der Waals surface area contributed by atoms with Crippen LogP contribution < -0.4 is 5.46 Å². The van der Waals surface area contributed by atoms with Crippen LogP contribution in [0.4, 0.5) is 0 Å². The highest BCUT2D eigenvalue weighted by Gasteiger charge is 2.32. The molecule has 0 heterocycles. The van der Waals surface area contributed by atoms with Crippen molar-refractivity contribution in [1.82, 2.24) is 0 Å². The molecule has 0 saturated carbocycles. The molecule has 1 heteroatoms. The van der Waals surface area contributed by atoms with Gasteiger partial charge in [0.1, 0.15) is 7.85 Å². The predicted octanol–water partition coefficient (Wildman–Crippen LogP) is 3.40. The van der Waals surface area contributed by atoms with E-state index in [1.54, 1.807) is 0 Å². The Morgan fingerprint density at radius 3 is 2.35 bits per heavy atom. The van der Waals surface area contributed by atoms with Gasteiger partial charge in [0.25, 0.3) is 0 Å². The molecule has 0 aromatic heterocycles. The second-order valence-corrected chi connectivity index (χ2v) is 6.38. The summed E-state index contributed by atoms with van der Waals surface area (Å²) in [6.45, 7) is 4.68. The van der Waals surface area contributed by atoms with E-state index in [9.17, 15) is 0 Å². The quantitative estimate of drug-likeness (QED) is 0.541. The summed E-state index contributed by atoms with van der Waals surface area (Å²) in [5.74, 6) is 0. The lowest BCUT2D eigenvalue weighted by molar-refractivity contribution is 0.645. The van der Waals surface area contributed by atoms with E-state index in [1.165, 1.54) is 38.5 Å². The minimum Gasteiger partial charge on any atom is -0.0883 e. The first-order valence-electron chi connectivity index (χ1n) is 7.23. The Labute approximate surface area is 120 Å². The van der Waals surface area contributed by atoms with E-state index >= 15 is 0 Å². The monoisotopic (exact) mass is 256 g/mol. The van der Waals surface area contributed by atoms with Crippen LogP contribution in [0.5, 0.6) is 0 Å². The SMILES string of the molecule is Bc1ccc2c(c1)-c1cccc3cccc(c13)C2(C)C.